The fourth-order valence-corrected chi connectivity index (χ4v) is 3.47. The van der Waals surface area contributed by atoms with Gasteiger partial charge in [-0.25, -0.2) is 4.79 Å². The summed E-state index contributed by atoms with van der Waals surface area (Å²) in [5.41, 5.74) is 1.29. The number of thiophene rings is 1. The van der Waals surface area contributed by atoms with Crippen LogP contribution in [0, 0.1) is 0 Å². The lowest BCUT2D eigenvalue weighted by atomic mass is 10.1. The number of nitrogens with one attached hydrogen (secondary N) is 1. The van der Waals surface area contributed by atoms with E-state index in [2.05, 4.69) is 5.32 Å². The average molecular weight is 389 g/mol. The van der Waals surface area contributed by atoms with Gasteiger partial charge in [-0.05, 0) is 31.9 Å². The Hall–Kier alpha value is -2.67. The second-order valence-electron chi connectivity index (χ2n) is 5.65. The first-order chi connectivity index (χ1) is 13.0. The molecule has 0 aliphatic rings. The minimum atomic E-state index is -0.474. The molecule has 7 heteroatoms. The molecule has 1 amide bonds. The van der Waals surface area contributed by atoms with Crippen molar-refractivity contribution in [3.63, 3.8) is 0 Å². The number of amides is 1. The van der Waals surface area contributed by atoms with Gasteiger partial charge in [0, 0.05) is 17.7 Å². The number of benzene rings is 1. The van der Waals surface area contributed by atoms with Gasteiger partial charge in [0.1, 0.15) is 5.00 Å². The van der Waals surface area contributed by atoms with Crippen molar-refractivity contribution < 1.29 is 23.9 Å². The van der Waals surface area contributed by atoms with Crippen LogP contribution in [-0.4, -0.2) is 31.1 Å². The van der Waals surface area contributed by atoms with Gasteiger partial charge < -0.3 is 14.8 Å². The first-order valence-corrected chi connectivity index (χ1v) is 9.68. The molecule has 2 rings (SSSR count). The third-order valence-corrected chi connectivity index (χ3v) is 4.73. The topological polar surface area (TPSA) is 81.7 Å². The van der Waals surface area contributed by atoms with Gasteiger partial charge in [0.15, 0.2) is 0 Å². The molecule has 0 aliphatic carbocycles. The number of carbonyl (C=O) groups excluding carboxylic acids is 3. The molecule has 0 spiro atoms. The van der Waals surface area contributed by atoms with Crippen molar-refractivity contribution in [2.45, 2.75) is 33.1 Å². The molecule has 0 atom stereocenters. The minimum Gasteiger partial charge on any atom is -0.466 e. The van der Waals surface area contributed by atoms with Crippen LogP contribution in [0.1, 0.15) is 43.5 Å². The summed E-state index contributed by atoms with van der Waals surface area (Å²) in [7, 11) is 0. The van der Waals surface area contributed by atoms with Gasteiger partial charge in [-0.15, -0.1) is 11.3 Å². The predicted molar refractivity (Wildman–Crippen MR) is 105 cm³/mol. The molecule has 144 valence electrons. The minimum absolute atomic E-state index is 0.166. The molecule has 0 aliphatic heterocycles. The smallest absolute Gasteiger partial charge is 0.341 e. The summed E-state index contributed by atoms with van der Waals surface area (Å²) < 4.78 is 9.94. The maximum atomic E-state index is 12.2. The number of carbonyl (C=O) groups is 3. The average Bonchev–Trinajstić information content (AvgIpc) is 3.07. The van der Waals surface area contributed by atoms with Crippen LogP contribution in [-0.2, 0) is 19.1 Å². The van der Waals surface area contributed by atoms with E-state index in [1.807, 2.05) is 30.3 Å². The number of hydrogen-bond acceptors (Lipinski definition) is 6. The third-order valence-electron chi connectivity index (χ3n) is 3.63. The summed E-state index contributed by atoms with van der Waals surface area (Å²) in [5, 5.41) is 3.22. The summed E-state index contributed by atoms with van der Waals surface area (Å²) in [6.07, 6.45) is 0.738. The van der Waals surface area contributed by atoms with Crippen LogP contribution in [0.25, 0.3) is 10.4 Å². The molecular weight excluding hydrogens is 366 g/mol. The van der Waals surface area contributed by atoms with Gasteiger partial charge in [0.25, 0.3) is 0 Å². The first kappa shape index (κ1) is 20.6. The lowest BCUT2D eigenvalue weighted by Gasteiger charge is -2.06. The molecule has 2 aromatic rings. The van der Waals surface area contributed by atoms with Gasteiger partial charge in [-0.2, -0.15) is 0 Å². The van der Waals surface area contributed by atoms with Gasteiger partial charge in [-0.1, -0.05) is 30.3 Å². The van der Waals surface area contributed by atoms with E-state index in [1.165, 1.54) is 11.3 Å². The summed E-state index contributed by atoms with van der Waals surface area (Å²) >= 11 is 1.32. The van der Waals surface area contributed by atoms with Crippen LogP contribution in [0.4, 0.5) is 5.00 Å². The summed E-state index contributed by atoms with van der Waals surface area (Å²) in [5.74, 6) is -1.05. The highest BCUT2D eigenvalue weighted by molar-refractivity contribution is 7.20. The van der Waals surface area contributed by atoms with Gasteiger partial charge in [0.05, 0.1) is 18.8 Å². The van der Waals surface area contributed by atoms with Crippen molar-refractivity contribution in [3.05, 3.63) is 42.0 Å². The Bertz CT molecular complexity index is 785. The maximum Gasteiger partial charge on any atom is 0.341 e. The van der Waals surface area contributed by atoms with Crippen molar-refractivity contribution in [2.24, 2.45) is 0 Å². The second kappa shape index (κ2) is 10.5. The van der Waals surface area contributed by atoms with Crippen LogP contribution >= 0.6 is 11.3 Å². The molecule has 1 aromatic carbocycles. The molecule has 1 N–H and O–H groups in total. The van der Waals surface area contributed by atoms with Crippen LogP contribution in [0.3, 0.4) is 0 Å². The largest absolute Gasteiger partial charge is 0.466 e. The zero-order valence-corrected chi connectivity index (χ0v) is 16.3. The van der Waals surface area contributed by atoms with Crippen molar-refractivity contribution in [3.8, 4) is 10.4 Å². The first-order valence-electron chi connectivity index (χ1n) is 8.87. The van der Waals surface area contributed by atoms with Crippen LogP contribution in [0.15, 0.2) is 36.4 Å². The normalized spacial score (nSPS) is 10.3. The van der Waals surface area contributed by atoms with Crippen LogP contribution < -0.4 is 5.32 Å². The highest BCUT2D eigenvalue weighted by atomic mass is 32.1. The zero-order chi connectivity index (χ0) is 19.6. The Morgan fingerprint density at radius 3 is 2.37 bits per heavy atom. The van der Waals surface area contributed by atoms with E-state index in [9.17, 15) is 14.4 Å². The number of rotatable bonds is 9. The quantitative estimate of drug-likeness (QED) is 0.648. The zero-order valence-electron chi connectivity index (χ0n) is 15.4. The van der Waals surface area contributed by atoms with Crippen LogP contribution in [0.5, 0.6) is 0 Å². The molecule has 27 heavy (non-hydrogen) atoms. The lowest BCUT2D eigenvalue weighted by molar-refractivity contribution is -0.143. The molecule has 0 fully saturated rings. The molecule has 0 saturated heterocycles. The molecular formula is C20H23NO5S. The fourth-order valence-electron chi connectivity index (χ4n) is 2.40. The van der Waals surface area contributed by atoms with Gasteiger partial charge in [0.2, 0.25) is 5.91 Å². The Morgan fingerprint density at radius 1 is 1.00 bits per heavy atom. The Kier molecular flexibility index (Phi) is 8.00. The second-order valence-corrected chi connectivity index (χ2v) is 6.70. The van der Waals surface area contributed by atoms with Gasteiger partial charge in [-0.3, -0.25) is 9.59 Å². The molecule has 0 radical (unpaired) electrons. The summed E-state index contributed by atoms with van der Waals surface area (Å²) in [4.78, 5) is 36.7. The monoisotopic (exact) mass is 389 g/mol. The molecule has 1 heterocycles. The van der Waals surface area contributed by atoms with Crippen molar-refractivity contribution >= 4 is 34.2 Å². The van der Waals surface area contributed by atoms with Gasteiger partial charge >= 0.3 is 11.9 Å². The standard InChI is InChI=1S/C20H23NO5S/c1-3-25-18(23)12-8-11-17(22)21-19-15(20(24)26-4-2)13-16(27-19)14-9-6-5-7-10-14/h5-7,9-10,13H,3-4,8,11-12H2,1-2H3,(H,21,22). The number of ether oxygens (including phenoxy) is 2. The van der Waals surface area contributed by atoms with E-state index in [0.717, 1.165) is 10.4 Å². The van der Waals surface area contributed by atoms with E-state index >= 15 is 0 Å². The molecule has 1 aromatic heterocycles. The van der Waals surface area contributed by atoms with Crippen molar-refractivity contribution in [1.82, 2.24) is 0 Å². The SMILES string of the molecule is CCOC(=O)CCCC(=O)Nc1sc(-c2ccccc2)cc1C(=O)OCC. The van der Waals surface area contributed by atoms with E-state index < -0.39 is 5.97 Å². The fraction of sp³-hybridized carbons (Fsp3) is 0.350. The van der Waals surface area contributed by atoms with E-state index in [1.54, 1.807) is 19.9 Å². The molecule has 0 unspecified atom stereocenters. The highest BCUT2D eigenvalue weighted by Gasteiger charge is 2.19. The number of esters is 2. The lowest BCUT2D eigenvalue weighted by Crippen LogP contribution is -2.14. The molecule has 0 saturated carbocycles. The molecule has 0 bridgehead atoms. The predicted octanol–water partition coefficient (Wildman–Crippen LogP) is 4.26. The number of anilines is 1. The van der Waals surface area contributed by atoms with E-state index in [-0.39, 0.29) is 31.3 Å². The Morgan fingerprint density at radius 2 is 1.70 bits per heavy atom. The van der Waals surface area contributed by atoms with E-state index in [0.29, 0.717) is 23.6 Å². The third kappa shape index (κ3) is 6.21. The Balaban J connectivity index is 2.09. The van der Waals surface area contributed by atoms with Crippen molar-refractivity contribution in [2.75, 3.05) is 18.5 Å². The number of hydrogen-bond donors (Lipinski definition) is 1. The van der Waals surface area contributed by atoms with Crippen LogP contribution in [0.2, 0.25) is 0 Å². The van der Waals surface area contributed by atoms with E-state index in [4.69, 9.17) is 9.47 Å². The summed E-state index contributed by atoms with van der Waals surface area (Å²) in [6, 6.07) is 11.3. The maximum absolute atomic E-state index is 12.2. The highest BCUT2D eigenvalue weighted by Crippen LogP contribution is 2.36. The summed E-state index contributed by atoms with van der Waals surface area (Å²) in [6.45, 7) is 4.05. The Labute approximate surface area is 162 Å². The molecule has 6 nitrogen and oxygen atoms in total. The van der Waals surface area contributed by atoms with Crippen molar-refractivity contribution in [1.29, 1.82) is 0 Å².